The van der Waals surface area contributed by atoms with Gasteiger partial charge in [-0.15, -0.1) is 11.8 Å². The lowest BCUT2D eigenvalue weighted by atomic mass is 9.98. The molecule has 0 saturated heterocycles. The highest BCUT2D eigenvalue weighted by molar-refractivity contribution is 8.00. The van der Waals surface area contributed by atoms with E-state index in [0.29, 0.717) is 5.92 Å². The topological polar surface area (TPSA) is 29.1 Å². The van der Waals surface area contributed by atoms with Crippen molar-refractivity contribution in [2.24, 2.45) is 0 Å². The predicted octanol–water partition coefficient (Wildman–Crippen LogP) is 5.38. The van der Waals surface area contributed by atoms with Crippen molar-refractivity contribution in [1.29, 1.82) is 0 Å². The van der Waals surface area contributed by atoms with Gasteiger partial charge in [-0.2, -0.15) is 0 Å². The van der Waals surface area contributed by atoms with Crippen molar-refractivity contribution in [2.75, 3.05) is 5.32 Å². The number of anilines is 1. The van der Waals surface area contributed by atoms with Crippen molar-refractivity contribution in [1.82, 2.24) is 0 Å². The van der Waals surface area contributed by atoms with Crippen molar-refractivity contribution < 1.29 is 9.18 Å². The summed E-state index contributed by atoms with van der Waals surface area (Å²) >= 11 is 1.42. The summed E-state index contributed by atoms with van der Waals surface area (Å²) in [5.41, 5.74) is 3.10. The number of rotatable bonds is 5. The van der Waals surface area contributed by atoms with E-state index >= 15 is 0 Å². The van der Waals surface area contributed by atoms with Gasteiger partial charge in [0.15, 0.2) is 0 Å². The molecule has 2 aromatic carbocycles. The van der Waals surface area contributed by atoms with Crippen molar-refractivity contribution >= 4 is 23.4 Å². The Morgan fingerprint density at radius 1 is 1.09 bits per heavy atom. The lowest BCUT2D eigenvalue weighted by Crippen LogP contribution is -2.23. The van der Waals surface area contributed by atoms with Crippen LogP contribution in [0.15, 0.2) is 47.4 Å². The number of aryl methyl sites for hydroxylation is 1. The first-order valence-electron chi connectivity index (χ1n) is 7.71. The molecule has 2 nitrogen and oxygen atoms in total. The van der Waals surface area contributed by atoms with Crippen LogP contribution in [0.4, 0.5) is 10.1 Å². The second kappa shape index (κ2) is 7.64. The fourth-order valence-electron chi connectivity index (χ4n) is 2.34. The van der Waals surface area contributed by atoms with Crippen LogP contribution in [-0.2, 0) is 4.79 Å². The summed E-state index contributed by atoms with van der Waals surface area (Å²) in [6, 6.07) is 12.3. The number of nitrogens with one attached hydrogen (secondary N) is 1. The molecule has 0 bridgehead atoms. The Bertz CT molecular complexity index is 682. The Hall–Kier alpha value is -1.81. The van der Waals surface area contributed by atoms with E-state index in [-0.39, 0.29) is 17.0 Å². The van der Waals surface area contributed by atoms with Crippen LogP contribution in [0.3, 0.4) is 0 Å². The van der Waals surface area contributed by atoms with Gasteiger partial charge in [0.05, 0.1) is 5.25 Å². The molecule has 0 aliphatic carbocycles. The maximum Gasteiger partial charge on any atom is 0.237 e. The minimum absolute atomic E-state index is 0.0458. The molecule has 2 aromatic rings. The van der Waals surface area contributed by atoms with Gasteiger partial charge in [-0.3, -0.25) is 4.79 Å². The fourth-order valence-corrected chi connectivity index (χ4v) is 3.21. The molecule has 0 saturated carbocycles. The van der Waals surface area contributed by atoms with Crippen LogP contribution in [0, 0.1) is 12.7 Å². The van der Waals surface area contributed by atoms with Gasteiger partial charge in [-0.1, -0.05) is 32.0 Å². The molecule has 1 amide bonds. The maximum atomic E-state index is 12.9. The molecule has 0 aliphatic rings. The van der Waals surface area contributed by atoms with E-state index in [1.54, 1.807) is 12.1 Å². The summed E-state index contributed by atoms with van der Waals surface area (Å²) in [7, 11) is 0. The number of benzene rings is 2. The second-order valence-corrected chi connectivity index (χ2v) is 7.31. The third kappa shape index (κ3) is 4.58. The first kappa shape index (κ1) is 17.5. The molecule has 0 radical (unpaired) electrons. The van der Waals surface area contributed by atoms with Gasteiger partial charge < -0.3 is 5.32 Å². The summed E-state index contributed by atoms with van der Waals surface area (Å²) in [6.07, 6.45) is 0. The van der Waals surface area contributed by atoms with Crippen LogP contribution >= 0.6 is 11.8 Å². The molecule has 0 heterocycles. The van der Waals surface area contributed by atoms with Gasteiger partial charge in [0.25, 0.3) is 0 Å². The van der Waals surface area contributed by atoms with Crippen molar-refractivity contribution in [3.8, 4) is 0 Å². The Balaban J connectivity index is 2.11. The quantitative estimate of drug-likeness (QED) is 0.746. The number of thioether (sulfide) groups is 1. The SMILES string of the molecule is Cc1cccc(C(C)C)c1NC(=O)[C@@H](C)Sc1ccc(F)cc1. The van der Waals surface area contributed by atoms with Crippen molar-refractivity contribution in [3.63, 3.8) is 0 Å². The Morgan fingerprint density at radius 3 is 2.35 bits per heavy atom. The molecule has 2 rings (SSSR count). The average Bonchev–Trinajstić information content (AvgIpc) is 2.51. The lowest BCUT2D eigenvalue weighted by Gasteiger charge is -2.18. The number of hydrogen-bond donors (Lipinski definition) is 1. The van der Waals surface area contributed by atoms with Gasteiger partial charge in [0.1, 0.15) is 5.82 Å². The maximum absolute atomic E-state index is 12.9. The van der Waals surface area contributed by atoms with Crippen LogP contribution in [-0.4, -0.2) is 11.2 Å². The first-order chi connectivity index (χ1) is 10.9. The van der Waals surface area contributed by atoms with E-state index in [9.17, 15) is 9.18 Å². The summed E-state index contributed by atoms with van der Waals surface area (Å²) in [5.74, 6) is 0.0220. The van der Waals surface area contributed by atoms with Crippen LogP contribution in [0.2, 0.25) is 0 Å². The Morgan fingerprint density at radius 2 is 1.74 bits per heavy atom. The zero-order valence-electron chi connectivity index (χ0n) is 13.9. The summed E-state index contributed by atoms with van der Waals surface area (Å²) < 4.78 is 12.9. The zero-order valence-corrected chi connectivity index (χ0v) is 14.7. The largest absolute Gasteiger partial charge is 0.325 e. The van der Waals surface area contributed by atoms with Gasteiger partial charge in [-0.05, 0) is 55.2 Å². The van der Waals surface area contributed by atoms with Crippen LogP contribution in [0.25, 0.3) is 0 Å². The Kier molecular flexibility index (Phi) is 5.83. The molecular formula is C19H22FNOS. The van der Waals surface area contributed by atoms with E-state index in [0.717, 1.165) is 21.7 Å². The van der Waals surface area contributed by atoms with Crippen molar-refractivity contribution in [3.05, 3.63) is 59.4 Å². The van der Waals surface area contributed by atoms with Crippen LogP contribution in [0.5, 0.6) is 0 Å². The molecule has 1 atom stereocenters. The molecule has 0 aromatic heterocycles. The minimum Gasteiger partial charge on any atom is -0.325 e. The predicted molar refractivity (Wildman–Crippen MR) is 95.6 cm³/mol. The van der Waals surface area contributed by atoms with Gasteiger partial charge in [0.2, 0.25) is 5.91 Å². The van der Waals surface area contributed by atoms with E-state index in [2.05, 4.69) is 19.2 Å². The molecule has 0 fully saturated rings. The fraction of sp³-hybridized carbons (Fsp3) is 0.316. The molecule has 0 aliphatic heterocycles. The lowest BCUT2D eigenvalue weighted by molar-refractivity contribution is -0.115. The highest BCUT2D eigenvalue weighted by Gasteiger charge is 2.18. The number of carbonyl (C=O) groups is 1. The Labute approximate surface area is 141 Å². The van der Waals surface area contributed by atoms with Gasteiger partial charge in [-0.25, -0.2) is 4.39 Å². The van der Waals surface area contributed by atoms with Crippen LogP contribution < -0.4 is 5.32 Å². The highest BCUT2D eigenvalue weighted by Crippen LogP contribution is 2.29. The zero-order chi connectivity index (χ0) is 17.0. The number of halogens is 1. The van der Waals surface area contributed by atoms with E-state index in [1.807, 2.05) is 32.0 Å². The normalized spacial score (nSPS) is 12.3. The number of hydrogen-bond acceptors (Lipinski definition) is 2. The number of amides is 1. The first-order valence-corrected chi connectivity index (χ1v) is 8.59. The molecule has 4 heteroatoms. The van der Waals surface area contributed by atoms with Gasteiger partial charge in [0, 0.05) is 10.6 Å². The molecule has 122 valence electrons. The van der Waals surface area contributed by atoms with E-state index < -0.39 is 0 Å². The smallest absolute Gasteiger partial charge is 0.237 e. The standard InChI is InChI=1S/C19H22FNOS/c1-12(2)17-7-5-6-13(3)18(17)21-19(22)14(4)23-16-10-8-15(20)9-11-16/h5-12,14H,1-4H3,(H,21,22)/t14-/m1/s1. The monoisotopic (exact) mass is 331 g/mol. The van der Waals surface area contributed by atoms with Crippen molar-refractivity contribution in [2.45, 2.75) is 43.8 Å². The van der Waals surface area contributed by atoms with E-state index in [1.165, 1.54) is 23.9 Å². The molecule has 1 N–H and O–H groups in total. The third-order valence-corrected chi connectivity index (χ3v) is 4.78. The summed E-state index contributed by atoms with van der Waals surface area (Å²) in [5, 5.41) is 2.79. The minimum atomic E-state index is -0.270. The number of carbonyl (C=O) groups excluding carboxylic acids is 1. The molecule has 23 heavy (non-hydrogen) atoms. The third-order valence-electron chi connectivity index (χ3n) is 3.67. The highest BCUT2D eigenvalue weighted by atomic mass is 32.2. The van der Waals surface area contributed by atoms with Crippen LogP contribution in [0.1, 0.15) is 37.8 Å². The summed E-state index contributed by atoms with van der Waals surface area (Å²) in [6.45, 7) is 8.08. The average molecular weight is 331 g/mol. The summed E-state index contributed by atoms with van der Waals surface area (Å²) in [4.78, 5) is 13.4. The van der Waals surface area contributed by atoms with E-state index in [4.69, 9.17) is 0 Å². The second-order valence-electron chi connectivity index (χ2n) is 5.90. The number of para-hydroxylation sites is 1. The van der Waals surface area contributed by atoms with Gasteiger partial charge >= 0.3 is 0 Å². The molecule has 0 spiro atoms. The molecule has 0 unspecified atom stereocenters. The molecular weight excluding hydrogens is 309 g/mol.